The molecule has 0 radical (unpaired) electrons. The molecule has 3 aliphatic carbocycles. The second-order valence-corrected chi connectivity index (χ2v) is 19.8. The van der Waals surface area contributed by atoms with Crippen LogP contribution in [0, 0.1) is 0 Å². The summed E-state index contributed by atoms with van der Waals surface area (Å²) in [5, 5.41) is 4.61. The highest BCUT2D eigenvalue weighted by Crippen LogP contribution is 2.68. The summed E-state index contributed by atoms with van der Waals surface area (Å²) in [6.45, 7) is 0. The highest BCUT2D eigenvalue weighted by atomic mass is 16.3. The summed E-state index contributed by atoms with van der Waals surface area (Å²) in [7, 11) is 0. The Labute approximate surface area is 422 Å². The molecular weight excluding hydrogens is 885 g/mol. The van der Waals surface area contributed by atoms with Crippen LogP contribution in [-0.4, -0.2) is 9.97 Å². The van der Waals surface area contributed by atoms with Gasteiger partial charge in [0.2, 0.25) is 0 Å². The lowest BCUT2D eigenvalue weighted by Gasteiger charge is -2.48. The maximum Gasteiger partial charge on any atom is 0.160 e. The van der Waals surface area contributed by atoms with E-state index in [0.717, 1.165) is 61.1 Å². The quantitative estimate of drug-likeness (QED) is 0.177. The van der Waals surface area contributed by atoms with Crippen LogP contribution < -0.4 is 0 Å². The van der Waals surface area contributed by atoms with Gasteiger partial charge in [0.25, 0.3) is 0 Å². The van der Waals surface area contributed by atoms with E-state index in [-0.39, 0.29) is 0 Å². The Kier molecular flexibility index (Phi) is 8.30. The van der Waals surface area contributed by atoms with Gasteiger partial charge in [0, 0.05) is 33.0 Å². The molecule has 11 aromatic carbocycles. The summed E-state index contributed by atoms with van der Waals surface area (Å²) < 4.78 is 7.17. The average molecular weight is 927 g/mol. The highest BCUT2D eigenvalue weighted by Gasteiger charge is 2.59. The molecule has 3 nitrogen and oxygen atoms in total. The number of nitrogens with zero attached hydrogens (tertiary/aromatic N) is 2. The van der Waals surface area contributed by atoms with Crippen LogP contribution in [0.5, 0.6) is 0 Å². The number of para-hydroxylation sites is 1. The van der Waals surface area contributed by atoms with Crippen molar-refractivity contribution in [2.24, 2.45) is 0 Å². The van der Waals surface area contributed by atoms with Crippen LogP contribution in [0.1, 0.15) is 44.5 Å². The van der Waals surface area contributed by atoms with E-state index in [9.17, 15) is 0 Å². The van der Waals surface area contributed by atoms with Gasteiger partial charge in [0.15, 0.2) is 5.82 Å². The zero-order chi connectivity index (χ0) is 47.8. The summed E-state index contributed by atoms with van der Waals surface area (Å²) >= 11 is 0. The smallest absolute Gasteiger partial charge is 0.160 e. The minimum atomic E-state index is -0.698. The van der Waals surface area contributed by atoms with E-state index >= 15 is 0 Å². The predicted octanol–water partition coefficient (Wildman–Crippen LogP) is 17.2. The topological polar surface area (TPSA) is 38.9 Å². The van der Waals surface area contributed by atoms with Crippen LogP contribution in [0.15, 0.2) is 259 Å². The van der Waals surface area contributed by atoms with Gasteiger partial charge in [-0.3, -0.25) is 0 Å². The van der Waals surface area contributed by atoms with Gasteiger partial charge in [-0.2, -0.15) is 0 Å². The third-order valence-electron chi connectivity index (χ3n) is 16.4. The van der Waals surface area contributed by atoms with Crippen molar-refractivity contribution in [3.8, 4) is 67.3 Å². The van der Waals surface area contributed by atoms with Gasteiger partial charge in [0.05, 0.1) is 22.2 Å². The summed E-state index contributed by atoms with van der Waals surface area (Å²) in [6, 6.07) is 93.4. The van der Waals surface area contributed by atoms with Gasteiger partial charge in [-0.05, 0) is 107 Å². The molecule has 338 valence electrons. The van der Waals surface area contributed by atoms with Crippen molar-refractivity contribution in [2.75, 3.05) is 0 Å². The van der Waals surface area contributed by atoms with E-state index in [2.05, 4.69) is 237 Å². The zero-order valence-corrected chi connectivity index (χ0v) is 39.6. The molecule has 0 unspecified atom stereocenters. The lowest BCUT2D eigenvalue weighted by molar-refractivity contribution is 0.614. The molecule has 0 saturated heterocycles. The second kappa shape index (κ2) is 15.0. The van der Waals surface area contributed by atoms with E-state index in [4.69, 9.17) is 14.4 Å². The number of fused-ring (bicyclic) bond motifs is 21. The maximum absolute atomic E-state index is 7.17. The van der Waals surface area contributed by atoms with Crippen LogP contribution in [-0.2, 0) is 10.8 Å². The number of benzene rings is 11. The Morgan fingerprint density at radius 1 is 0.288 bits per heavy atom. The van der Waals surface area contributed by atoms with Crippen molar-refractivity contribution >= 4 is 32.7 Å². The summed E-state index contributed by atoms with van der Waals surface area (Å²) in [5.74, 6) is 0.702. The Hall–Kier alpha value is -9.44. The van der Waals surface area contributed by atoms with E-state index < -0.39 is 10.8 Å². The molecular formula is C70H42N2O. The average Bonchev–Trinajstić information content (AvgIpc) is 4.10. The minimum Gasteiger partial charge on any atom is -0.456 e. The second-order valence-electron chi connectivity index (χ2n) is 19.8. The summed E-state index contributed by atoms with van der Waals surface area (Å²) in [4.78, 5) is 10.4. The zero-order valence-electron chi connectivity index (χ0n) is 39.6. The van der Waals surface area contributed by atoms with Gasteiger partial charge in [-0.15, -0.1) is 0 Å². The fraction of sp³-hybridized carbons (Fsp3) is 0.0286. The van der Waals surface area contributed by atoms with Crippen molar-refractivity contribution in [3.63, 3.8) is 0 Å². The number of hydrogen-bond donors (Lipinski definition) is 0. The normalized spacial score (nSPS) is 14.0. The summed E-state index contributed by atoms with van der Waals surface area (Å²) in [6.07, 6.45) is 0. The fourth-order valence-corrected chi connectivity index (χ4v) is 13.5. The highest BCUT2D eigenvalue weighted by molar-refractivity contribution is 6.11. The van der Waals surface area contributed by atoms with E-state index in [1.807, 2.05) is 18.2 Å². The van der Waals surface area contributed by atoms with Gasteiger partial charge in [0.1, 0.15) is 11.2 Å². The lowest BCUT2D eigenvalue weighted by atomic mass is 9.52. The number of hydrogen-bond acceptors (Lipinski definition) is 3. The first-order chi connectivity index (χ1) is 36.2. The fourth-order valence-electron chi connectivity index (χ4n) is 13.5. The molecule has 2 aromatic heterocycles. The van der Waals surface area contributed by atoms with Gasteiger partial charge in [-0.1, -0.05) is 231 Å². The number of furan rings is 1. The van der Waals surface area contributed by atoms with Gasteiger partial charge >= 0.3 is 0 Å². The molecule has 13 aromatic rings. The molecule has 2 spiro atoms. The molecule has 0 bridgehead atoms. The van der Waals surface area contributed by atoms with E-state index in [1.54, 1.807) is 0 Å². The maximum atomic E-state index is 7.17. The monoisotopic (exact) mass is 926 g/mol. The van der Waals surface area contributed by atoms with Crippen molar-refractivity contribution in [1.29, 1.82) is 0 Å². The molecule has 3 heteroatoms. The first kappa shape index (κ1) is 40.3. The number of rotatable bonds is 4. The molecule has 0 amide bonds. The molecule has 73 heavy (non-hydrogen) atoms. The van der Waals surface area contributed by atoms with Gasteiger partial charge < -0.3 is 4.42 Å². The Balaban J connectivity index is 0.905. The molecule has 0 N–H and O–H groups in total. The van der Waals surface area contributed by atoms with Crippen LogP contribution in [0.4, 0.5) is 0 Å². The first-order valence-corrected chi connectivity index (χ1v) is 25.2. The summed E-state index contributed by atoms with van der Waals surface area (Å²) in [5.41, 5.74) is 23.1. The molecule has 0 aliphatic heterocycles. The molecule has 0 atom stereocenters. The minimum absolute atomic E-state index is 0.529. The third-order valence-corrected chi connectivity index (χ3v) is 16.4. The van der Waals surface area contributed by atoms with Crippen molar-refractivity contribution in [3.05, 3.63) is 299 Å². The van der Waals surface area contributed by atoms with Crippen molar-refractivity contribution in [1.82, 2.24) is 9.97 Å². The van der Waals surface area contributed by atoms with Gasteiger partial charge in [-0.25, -0.2) is 9.97 Å². The molecule has 16 rings (SSSR count). The molecule has 0 fully saturated rings. The standard InChI is InChI=1S/C70H42N2O/c1-2-18-46(19-3-1)68-71-63(42-64(72-68)51-25-16-20-44-17-4-5-21-48(44)51)45-35-33-43(34-36-45)47-37-40-58-55(41-47)53-38-39-54-52-24-8-15-32-65(52)73-67(54)66(53)70(58)61-30-13-11-28-59(61)69(60-29-12-14-31-62(60)70)56-26-9-6-22-49(56)50-23-7-10-27-57(50)69/h1-42H. The Bertz CT molecular complexity index is 4350. The van der Waals surface area contributed by atoms with E-state index in [1.165, 1.54) is 77.5 Å². The van der Waals surface area contributed by atoms with Crippen molar-refractivity contribution in [2.45, 2.75) is 10.8 Å². The Morgan fingerprint density at radius 2 is 0.822 bits per heavy atom. The predicted molar refractivity (Wildman–Crippen MR) is 297 cm³/mol. The number of aromatic nitrogens is 2. The third kappa shape index (κ3) is 5.38. The molecule has 0 saturated carbocycles. The largest absolute Gasteiger partial charge is 0.456 e. The lowest BCUT2D eigenvalue weighted by Crippen LogP contribution is -2.43. The molecule has 2 heterocycles. The van der Waals surface area contributed by atoms with Crippen LogP contribution in [0.3, 0.4) is 0 Å². The van der Waals surface area contributed by atoms with Crippen LogP contribution in [0.2, 0.25) is 0 Å². The van der Waals surface area contributed by atoms with Crippen LogP contribution >= 0.6 is 0 Å². The SMILES string of the molecule is c1ccc(-c2nc(-c3ccc(-c4ccc5c(c4)-c4ccc6c(oc7ccccc76)c4C54c5ccccc5C5(c6ccccc6-c6ccccc65)c5ccccc54)cc3)cc(-c3cccc4ccccc34)n2)cc1. The van der Waals surface area contributed by atoms with E-state index in [0.29, 0.717) is 5.82 Å². The van der Waals surface area contributed by atoms with Crippen LogP contribution in [0.25, 0.3) is 100.0 Å². The first-order valence-electron chi connectivity index (χ1n) is 25.2. The van der Waals surface area contributed by atoms with Crippen molar-refractivity contribution < 1.29 is 4.42 Å². The molecule has 3 aliphatic rings. The Morgan fingerprint density at radius 3 is 1.55 bits per heavy atom.